The second-order valence-corrected chi connectivity index (χ2v) is 5.72. The summed E-state index contributed by atoms with van der Waals surface area (Å²) in [5.41, 5.74) is 6.42. The highest BCUT2D eigenvalue weighted by molar-refractivity contribution is 7.09. The van der Waals surface area contributed by atoms with Crippen molar-refractivity contribution in [3.63, 3.8) is 0 Å². The third-order valence-corrected chi connectivity index (χ3v) is 4.36. The molecule has 0 fully saturated rings. The first kappa shape index (κ1) is 15.1. The molecule has 0 bridgehead atoms. The number of nitrogens with zero attached hydrogens (tertiary/aromatic N) is 1. The summed E-state index contributed by atoms with van der Waals surface area (Å²) in [6.45, 7) is 8.03. The molecule has 0 aromatic carbocycles. The minimum atomic E-state index is -0.429. The minimum Gasteiger partial charge on any atom is -0.343 e. The van der Waals surface area contributed by atoms with Crippen LogP contribution in [0.25, 0.3) is 0 Å². The van der Waals surface area contributed by atoms with Gasteiger partial charge in [-0.05, 0) is 26.7 Å². The molecule has 1 rings (SSSR count). The Hall–Kier alpha value is -0.940. The van der Waals surface area contributed by atoms with Gasteiger partial charge >= 0.3 is 0 Å². The van der Waals surface area contributed by atoms with Gasteiger partial charge in [-0.2, -0.15) is 0 Å². The van der Waals surface area contributed by atoms with Gasteiger partial charge in [-0.15, -0.1) is 11.3 Å². The molecule has 0 saturated carbocycles. The summed E-state index contributed by atoms with van der Waals surface area (Å²) in [6.07, 6.45) is 2.42. The van der Waals surface area contributed by atoms with Gasteiger partial charge in [0.15, 0.2) is 0 Å². The number of nitrogens with two attached hydrogens (primary N) is 1. The smallest absolute Gasteiger partial charge is 0.237 e. The third-order valence-electron chi connectivity index (χ3n) is 3.13. The number of aromatic nitrogens is 1. The van der Waals surface area contributed by atoms with Gasteiger partial charge in [-0.1, -0.05) is 20.3 Å². The first-order valence-corrected chi connectivity index (χ1v) is 7.31. The SMILES string of the molecule is CCCC(N)C(=O)NC(C)(CC)c1nc(C)cs1. The Balaban J connectivity index is 2.80. The molecule has 1 heterocycles. The molecule has 2 atom stereocenters. The van der Waals surface area contributed by atoms with E-state index in [0.29, 0.717) is 6.42 Å². The fourth-order valence-corrected chi connectivity index (χ4v) is 2.69. The van der Waals surface area contributed by atoms with E-state index in [4.69, 9.17) is 5.73 Å². The zero-order chi connectivity index (χ0) is 13.8. The number of carbonyl (C=O) groups excluding carboxylic acids is 1. The zero-order valence-corrected chi connectivity index (χ0v) is 12.4. The molecule has 3 N–H and O–H groups in total. The van der Waals surface area contributed by atoms with Crippen molar-refractivity contribution in [2.75, 3.05) is 0 Å². The Morgan fingerprint density at radius 3 is 2.72 bits per heavy atom. The van der Waals surface area contributed by atoms with E-state index in [1.165, 1.54) is 0 Å². The van der Waals surface area contributed by atoms with Gasteiger partial charge in [0.25, 0.3) is 0 Å². The maximum Gasteiger partial charge on any atom is 0.237 e. The van der Waals surface area contributed by atoms with Crippen molar-refractivity contribution < 1.29 is 4.79 Å². The van der Waals surface area contributed by atoms with Crippen LogP contribution in [-0.4, -0.2) is 16.9 Å². The highest BCUT2D eigenvalue weighted by Gasteiger charge is 2.31. The van der Waals surface area contributed by atoms with Gasteiger partial charge < -0.3 is 11.1 Å². The van der Waals surface area contributed by atoms with Crippen molar-refractivity contribution >= 4 is 17.2 Å². The van der Waals surface area contributed by atoms with Crippen LogP contribution in [0, 0.1) is 6.92 Å². The Labute approximate surface area is 113 Å². The second-order valence-electron chi connectivity index (χ2n) is 4.86. The van der Waals surface area contributed by atoms with Crippen LogP contribution < -0.4 is 11.1 Å². The maximum absolute atomic E-state index is 12.0. The molecular formula is C13H23N3OS. The summed E-state index contributed by atoms with van der Waals surface area (Å²) in [7, 11) is 0. The fraction of sp³-hybridized carbons (Fsp3) is 0.692. The summed E-state index contributed by atoms with van der Waals surface area (Å²) >= 11 is 1.58. The van der Waals surface area contributed by atoms with Crippen LogP contribution in [0.1, 0.15) is 50.7 Å². The molecule has 0 saturated heterocycles. The van der Waals surface area contributed by atoms with Crippen LogP contribution in [0.4, 0.5) is 0 Å². The average molecular weight is 269 g/mol. The minimum absolute atomic E-state index is 0.0888. The first-order valence-electron chi connectivity index (χ1n) is 6.43. The molecule has 0 aliphatic rings. The normalized spacial score (nSPS) is 16.1. The molecule has 102 valence electrons. The Morgan fingerprint density at radius 2 is 2.28 bits per heavy atom. The molecule has 5 heteroatoms. The molecule has 2 unspecified atom stereocenters. The Bertz CT molecular complexity index is 405. The molecule has 1 aromatic heterocycles. The average Bonchev–Trinajstić information content (AvgIpc) is 2.76. The Kier molecular flexibility index (Phi) is 5.28. The Morgan fingerprint density at radius 1 is 1.61 bits per heavy atom. The second kappa shape index (κ2) is 6.29. The molecule has 0 spiro atoms. The van der Waals surface area contributed by atoms with Gasteiger partial charge in [0.2, 0.25) is 5.91 Å². The number of rotatable bonds is 6. The number of hydrogen-bond donors (Lipinski definition) is 2. The predicted octanol–water partition coefficient (Wildman–Crippen LogP) is 2.32. The predicted molar refractivity (Wildman–Crippen MR) is 75.5 cm³/mol. The van der Waals surface area contributed by atoms with E-state index < -0.39 is 11.6 Å². The number of nitrogens with one attached hydrogen (secondary N) is 1. The lowest BCUT2D eigenvalue weighted by atomic mass is 9.98. The van der Waals surface area contributed by atoms with Gasteiger partial charge in [0, 0.05) is 11.1 Å². The molecule has 4 nitrogen and oxygen atoms in total. The summed E-state index contributed by atoms with van der Waals surface area (Å²) in [6, 6.07) is -0.429. The van der Waals surface area contributed by atoms with Crippen LogP contribution in [0.5, 0.6) is 0 Å². The molecule has 0 radical (unpaired) electrons. The molecule has 1 aromatic rings. The number of thiazole rings is 1. The molecule has 18 heavy (non-hydrogen) atoms. The summed E-state index contributed by atoms with van der Waals surface area (Å²) in [5, 5.41) is 5.99. The van der Waals surface area contributed by atoms with E-state index in [0.717, 1.165) is 23.5 Å². The first-order chi connectivity index (χ1) is 8.42. The van der Waals surface area contributed by atoms with Crippen LogP contribution in [-0.2, 0) is 10.3 Å². The van der Waals surface area contributed by atoms with Crippen molar-refractivity contribution in [3.05, 3.63) is 16.1 Å². The highest BCUT2D eigenvalue weighted by Crippen LogP contribution is 2.27. The van der Waals surface area contributed by atoms with Gasteiger partial charge in [-0.25, -0.2) is 4.98 Å². The van der Waals surface area contributed by atoms with Crippen LogP contribution in [0.2, 0.25) is 0 Å². The molecule has 0 aliphatic carbocycles. The zero-order valence-electron chi connectivity index (χ0n) is 11.6. The monoisotopic (exact) mass is 269 g/mol. The topological polar surface area (TPSA) is 68.0 Å². The maximum atomic E-state index is 12.0. The van der Waals surface area contributed by atoms with Gasteiger partial charge in [-0.3, -0.25) is 4.79 Å². The van der Waals surface area contributed by atoms with Gasteiger partial charge in [0.1, 0.15) is 5.01 Å². The lowest BCUT2D eigenvalue weighted by Gasteiger charge is -2.28. The van der Waals surface area contributed by atoms with Crippen LogP contribution >= 0.6 is 11.3 Å². The number of hydrogen-bond acceptors (Lipinski definition) is 4. The van der Waals surface area contributed by atoms with E-state index in [2.05, 4.69) is 10.3 Å². The highest BCUT2D eigenvalue weighted by atomic mass is 32.1. The van der Waals surface area contributed by atoms with Crippen LogP contribution in [0.15, 0.2) is 5.38 Å². The summed E-state index contributed by atoms with van der Waals surface area (Å²) in [4.78, 5) is 16.5. The van der Waals surface area contributed by atoms with Crippen molar-refractivity contribution in [3.8, 4) is 0 Å². The lowest BCUT2D eigenvalue weighted by molar-refractivity contribution is -0.124. The molecule has 1 amide bonds. The standard InChI is InChI=1S/C13H23N3OS/c1-5-7-10(14)11(17)16-13(4,6-2)12-15-9(3)8-18-12/h8,10H,5-7,14H2,1-4H3,(H,16,17). The van der Waals surface area contributed by atoms with Gasteiger partial charge in [0.05, 0.1) is 11.6 Å². The number of aryl methyl sites for hydroxylation is 1. The largest absolute Gasteiger partial charge is 0.343 e. The lowest BCUT2D eigenvalue weighted by Crippen LogP contribution is -2.50. The van der Waals surface area contributed by atoms with E-state index in [-0.39, 0.29) is 5.91 Å². The van der Waals surface area contributed by atoms with E-state index in [9.17, 15) is 4.79 Å². The summed E-state index contributed by atoms with van der Waals surface area (Å²) < 4.78 is 0. The van der Waals surface area contributed by atoms with Crippen molar-refractivity contribution in [1.29, 1.82) is 0 Å². The number of carbonyl (C=O) groups is 1. The van der Waals surface area contributed by atoms with Crippen LogP contribution in [0.3, 0.4) is 0 Å². The van der Waals surface area contributed by atoms with E-state index in [1.807, 2.05) is 33.1 Å². The van der Waals surface area contributed by atoms with E-state index >= 15 is 0 Å². The fourth-order valence-electron chi connectivity index (χ4n) is 1.71. The van der Waals surface area contributed by atoms with Crippen molar-refractivity contribution in [2.45, 2.75) is 58.5 Å². The summed E-state index contributed by atoms with van der Waals surface area (Å²) in [5.74, 6) is -0.0888. The van der Waals surface area contributed by atoms with Crippen molar-refractivity contribution in [2.24, 2.45) is 5.73 Å². The molecule has 0 aliphatic heterocycles. The van der Waals surface area contributed by atoms with Crippen molar-refractivity contribution in [1.82, 2.24) is 10.3 Å². The van der Waals surface area contributed by atoms with E-state index in [1.54, 1.807) is 11.3 Å². The quantitative estimate of drug-likeness (QED) is 0.832. The third kappa shape index (κ3) is 3.53. The molecular weight excluding hydrogens is 246 g/mol. The number of amides is 1.